The lowest BCUT2D eigenvalue weighted by atomic mass is 9.49. The van der Waals surface area contributed by atoms with Crippen molar-refractivity contribution >= 4 is 33.9 Å². The van der Waals surface area contributed by atoms with Crippen LogP contribution in [0.3, 0.4) is 0 Å². The minimum absolute atomic E-state index is 0.238. The van der Waals surface area contributed by atoms with Gasteiger partial charge in [-0.05, 0) is 125 Å². The lowest BCUT2D eigenvalue weighted by Crippen LogP contribution is -2.58. The van der Waals surface area contributed by atoms with Gasteiger partial charge in [0.25, 0.3) is 0 Å². The maximum absolute atomic E-state index is 14.7. The summed E-state index contributed by atoms with van der Waals surface area (Å²) in [5.74, 6) is -3.09. The first kappa shape index (κ1) is 29.9. The minimum Gasteiger partial charge on any atom is -0.459 e. The van der Waals surface area contributed by atoms with E-state index in [2.05, 4.69) is 0 Å². The Morgan fingerprint density at radius 1 is 0.804 bits per heavy atom. The Morgan fingerprint density at radius 3 is 1.76 bits per heavy atom. The highest BCUT2D eigenvalue weighted by Crippen LogP contribution is 2.66. The molecule has 2 amide bonds. The summed E-state index contributed by atoms with van der Waals surface area (Å²) in [6.45, 7) is -1.91. The van der Waals surface area contributed by atoms with E-state index in [4.69, 9.17) is 14.0 Å². The van der Waals surface area contributed by atoms with Crippen molar-refractivity contribution in [3.8, 4) is 0 Å². The number of rotatable bonds is 7. The molecule has 11 aliphatic rings. The SMILES string of the molecule is O=C(OCC(F)(F)S(=O)(=O)O)C1C2CC3C1C(=O)N(C(=O)C14CC5CC(CC(C5)C1)C4)C3C2OC(=O)C12CC3CC(CC(C3)C1)C2. The van der Waals surface area contributed by atoms with Crippen LogP contribution in [0, 0.1) is 70.0 Å². The molecule has 11 fully saturated rings. The first-order valence-electron chi connectivity index (χ1n) is 17.3. The molecule has 10 saturated carbocycles. The number of likely N-dealkylation sites (tertiary alicyclic amines) is 1. The highest BCUT2D eigenvalue weighted by Gasteiger charge is 2.74. The number of nitrogens with zero attached hydrogens (tertiary/aromatic N) is 1. The van der Waals surface area contributed by atoms with Crippen molar-refractivity contribution in [1.29, 1.82) is 0 Å². The van der Waals surface area contributed by atoms with Gasteiger partial charge in [0, 0.05) is 5.92 Å². The van der Waals surface area contributed by atoms with Crippen LogP contribution in [-0.2, 0) is 38.8 Å². The van der Waals surface area contributed by atoms with Crippen molar-refractivity contribution in [1.82, 2.24) is 4.90 Å². The molecule has 0 aromatic rings. The van der Waals surface area contributed by atoms with Gasteiger partial charge in [0.1, 0.15) is 6.10 Å². The minimum atomic E-state index is -5.84. The number of esters is 2. The van der Waals surface area contributed by atoms with E-state index in [1.54, 1.807) is 0 Å². The summed E-state index contributed by atoms with van der Waals surface area (Å²) in [7, 11) is -5.84. The Morgan fingerprint density at radius 2 is 1.28 bits per heavy atom. The number of halogens is 2. The maximum atomic E-state index is 14.7. The number of alkyl halides is 2. The Hall–Kier alpha value is -2.15. The summed E-state index contributed by atoms with van der Waals surface area (Å²) in [5, 5.41) is -4.73. The van der Waals surface area contributed by atoms with Crippen LogP contribution in [0.1, 0.15) is 83.5 Å². The molecule has 46 heavy (non-hydrogen) atoms. The van der Waals surface area contributed by atoms with Gasteiger partial charge >= 0.3 is 27.3 Å². The number of fused-ring (bicyclic) bond motifs is 1. The number of hydrogen-bond acceptors (Lipinski definition) is 8. The second-order valence-corrected chi connectivity index (χ2v) is 18.7. The van der Waals surface area contributed by atoms with Gasteiger partial charge in [0.05, 0.1) is 28.7 Å². The van der Waals surface area contributed by atoms with Gasteiger partial charge < -0.3 is 9.47 Å². The average Bonchev–Trinajstić information content (AvgIpc) is 3.57. The van der Waals surface area contributed by atoms with E-state index in [1.165, 1.54) is 4.90 Å². The summed E-state index contributed by atoms with van der Waals surface area (Å²) in [5.41, 5.74) is -1.28. The molecular formula is C33H41F2NO9S. The quantitative estimate of drug-likeness (QED) is 0.243. The summed E-state index contributed by atoms with van der Waals surface area (Å²) in [6, 6.07) is -0.718. The van der Waals surface area contributed by atoms with Crippen LogP contribution in [0.2, 0.25) is 0 Å². The molecule has 0 aromatic heterocycles. The van der Waals surface area contributed by atoms with Gasteiger partial charge in [0.15, 0.2) is 6.61 Å². The molecule has 10 nitrogen and oxygen atoms in total. The molecular weight excluding hydrogens is 624 g/mol. The zero-order valence-electron chi connectivity index (χ0n) is 25.7. The predicted molar refractivity (Wildman–Crippen MR) is 153 cm³/mol. The van der Waals surface area contributed by atoms with E-state index in [0.29, 0.717) is 41.9 Å². The number of carbonyl (C=O) groups excluding carboxylic acids is 4. The molecule has 1 saturated heterocycles. The fourth-order valence-electron chi connectivity index (χ4n) is 13.6. The molecule has 10 aliphatic carbocycles. The van der Waals surface area contributed by atoms with E-state index in [1.807, 2.05) is 0 Å². The number of hydrogen-bond donors (Lipinski definition) is 1. The molecule has 6 unspecified atom stereocenters. The van der Waals surface area contributed by atoms with Crippen LogP contribution in [-0.4, -0.2) is 65.6 Å². The second-order valence-electron chi connectivity index (χ2n) is 17.1. The molecule has 0 aromatic carbocycles. The standard InChI is InChI=1S/C33H41F2NO9S/c34-33(35,46(41,42)43)14-44-28(38)24-22-7-21-23(24)27(37)36(29(39)31-8-15-1-16(9-31)3-17(2-15)10-31)25(21)26(22)45-30(40)32-11-18-4-19(12-32)6-20(5-18)13-32/h15-26H,1-14H2,(H,41,42,43). The van der Waals surface area contributed by atoms with Crippen molar-refractivity contribution in [2.75, 3.05) is 6.61 Å². The third-order valence-electron chi connectivity index (χ3n) is 14.3. The molecule has 1 N–H and O–H groups in total. The average molecular weight is 666 g/mol. The summed E-state index contributed by atoms with van der Waals surface area (Å²) >= 11 is 0. The second kappa shape index (κ2) is 9.51. The zero-order valence-corrected chi connectivity index (χ0v) is 26.5. The van der Waals surface area contributed by atoms with Crippen molar-refractivity contribution in [2.45, 2.75) is 101 Å². The van der Waals surface area contributed by atoms with Gasteiger partial charge in [-0.25, -0.2) is 0 Å². The smallest absolute Gasteiger partial charge is 0.402 e. The van der Waals surface area contributed by atoms with Crippen LogP contribution < -0.4 is 0 Å². The Balaban J connectivity index is 1.04. The van der Waals surface area contributed by atoms with E-state index in [-0.39, 0.29) is 11.9 Å². The third-order valence-corrected chi connectivity index (χ3v) is 15.2. The number of amides is 2. The largest absolute Gasteiger partial charge is 0.459 e. The van der Waals surface area contributed by atoms with Crippen molar-refractivity contribution < 1.29 is 50.4 Å². The van der Waals surface area contributed by atoms with Crippen LogP contribution in [0.15, 0.2) is 0 Å². The van der Waals surface area contributed by atoms with Crippen molar-refractivity contribution in [3.05, 3.63) is 0 Å². The van der Waals surface area contributed by atoms with E-state index in [9.17, 15) is 36.4 Å². The van der Waals surface area contributed by atoms with Gasteiger partial charge in [-0.1, -0.05) is 0 Å². The Bertz CT molecular complexity index is 1460. The molecule has 11 rings (SSSR count). The molecule has 1 aliphatic heterocycles. The molecule has 10 bridgehead atoms. The van der Waals surface area contributed by atoms with Crippen LogP contribution >= 0.6 is 0 Å². The van der Waals surface area contributed by atoms with Gasteiger partial charge in [0.2, 0.25) is 11.8 Å². The number of carbonyl (C=O) groups is 4. The number of ether oxygens (including phenoxy) is 2. The summed E-state index contributed by atoms with van der Waals surface area (Å²) in [6.07, 6.45) is 10.4. The third kappa shape index (κ3) is 4.08. The molecule has 6 atom stereocenters. The highest BCUT2D eigenvalue weighted by atomic mass is 32.2. The van der Waals surface area contributed by atoms with Crippen LogP contribution in [0.25, 0.3) is 0 Å². The van der Waals surface area contributed by atoms with Gasteiger partial charge in [-0.15, -0.1) is 0 Å². The highest BCUT2D eigenvalue weighted by molar-refractivity contribution is 7.86. The molecule has 252 valence electrons. The fourth-order valence-corrected chi connectivity index (χ4v) is 13.8. The molecule has 1 heterocycles. The summed E-state index contributed by atoms with van der Waals surface area (Å²) in [4.78, 5) is 57.9. The predicted octanol–water partition coefficient (Wildman–Crippen LogP) is 3.97. The first-order valence-corrected chi connectivity index (χ1v) is 18.7. The van der Waals surface area contributed by atoms with E-state index in [0.717, 1.165) is 77.0 Å². The topological polar surface area (TPSA) is 144 Å². The molecule has 0 spiro atoms. The van der Waals surface area contributed by atoms with Crippen LogP contribution in [0.4, 0.5) is 8.78 Å². The summed E-state index contributed by atoms with van der Waals surface area (Å²) < 4.78 is 70.6. The van der Waals surface area contributed by atoms with Gasteiger partial charge in [-0.2, -0.15) is 17.2 Å². The van der Waals surface area contributed by atoms with Crippen molar-refractivity contribution in [2.24, 2.45) is 70.0 Å². The maximum Gasteiger partial charge on any atom is 0.402 e. The van der Waals surface area contributed by atoms with E-state index >= 15 is 0 Å². The van der Waals surface area contributed by atoms with E-state index < -0.39 is 80.5 Å². The lowest BCUT2D eigenvalue weighted by molar-refractivity contribution is -0.187. The lowest BCUT2D eigenvalue weighted by Gasteiger charge is -2.56. The first-order chi connectivity index (χ1) is 21.7. The van der Waals surface area contributed by atoms with Crippen LogP contribution in [0.5, 0.6) is 0 Å². The van der Waals surface area contributed by atoms with Crippen molar-refractivity contribution in [3.63, 3.8) is 0 Å². The molecule has 13 heteroatoms. The zero-order chi connectivity index (χ0) is 32.1. The Labute approximate surface area is 266 Å². The molecule has 0 radical (unpaired) electrons. The van der Waals surface area contributed by atoms with Gasteiger partial charge in [-0.3, -0.25) is 28.6 Å². The number of imide groups is 1. The fraction of sp³-hybridized carbons (Fsp3) is 0.879. The normalized spacial score (nSPS) is 49.2. The monoisotopic (exact) mass is 665 g/mol. The Kier molecular flexibility index (Phi) is 6.19.